The average Bonchev–Trinajstić information content (AvgIpc) is 3.98. The van der Waals surface area contributed by atoms with Gasteiger partial charge >= 0.3 is 0 Å². The largest absolute Gasteiger partial charge is 0.657 e. The maximum atomic E-state index is 6.95. The molecular weight excluding hydrogens is 669 g/mol. The SMILES string of the molecule is Cn1c2ccc1c(-c1ccccc1)c1nc(c(-c3ccccc3)c3ccc([n-]3)c(-c3ccccc3)c3nc(c2-c2ccccc2)C=C3)C(N)=C1.[Ni]. The molecule has 248 valence electrons. The van der Waals surface area contributed by atoms with Gasteiger partial charge in [-0.15, -0.1) is 11.0 Å². The molecule has 7 aromatic rings. The van der Waals surface area contributed by atoms with Gasteiger partial charge in [0.25, 0.3) is 0 Å². The first-order chi connectivity index (χ1) is 24.6. The Kier molecular flexibility index (Phi) is 8.31. The third-order valence-corrected chi connectivity index (χ3v) is 9.48. The second-order valence-corrected chi connectivity index (χ2v) is 12.5. The number of nitrogens with zero attached hydrogens (tertiary/aromatic N) is 4. The molecule has 9 rings (SSSR count). The molecular formula is C45H32N5Ni-. The first kappa shape index (κ1) is 32.0. The molecule has 8 bridgehead atoms. The van der Waals surface area contributed by atoms with Crippen molar-refractivity contribution in [2.45, 2.75) is 0 Å². The van der Waals surface area contributed by atoms with Crippen molar-refractivity contribution in [3.63, 3.8) is 0 Å². The molecule has 51 heavy (non-hydrogen) atoms. The number of rotatable bonds is 4. The minimum atomic E-state index is 0. The van der Waals surface area contributed by atoms with Crippen LogP contribution in [0.15, 0.2) is 146 Å². The average molecular weight is 701 g/mol. The minimum absolute atomic E-state index is 0. The summed E-state index contributed by atoms with van der Waals surface area (Å²) >= 11 is 0. The van der Waals surface area contributed by atoms with Crippen LogP contribution in [-0.4, -0.2) is 14.5 Å². The fourth-order valence-corrected chi connectivity index (χ4v) is 7.16. The Morgan fingerprint density at radius 1 is 0.471 bits per heavy atom. The third-order valence-electron chi connectivity index (χ3n) is 9.48. The first-order valence-corrected chi connectivity index (χ1v) is 16.7. The number of hydrogen-bond acceptors (Lipinski definition) is 3. The second kappa shape index (κ2) is 13.2. The Labute approximate surface area is 306 Å². The Morgan fingerprint density at radius 2 is 0.882 bits per heavy atom. The fourth-order valence-electron chi connectivity index (χ4n) is 7.16. The van der Waals surface area contributed by atoms with Gasteiger partial charge in [-0.1, -0.05) is 133 Å². The Balaban J connectivity index is 0.00000374. The molecule has 0 fully saturated rings. The molecule has 0 radical (unpaired) electrons. The number of aryl methyl sites for hydroxylation is 1. The summed E-state index contributed by atoms with van der Waals surface area (Å²) in [6, 6.07) is 50.1. The van der Waals surface area contributed by atoms with Crippen molar-refractivity contribution < 1.29 is 16.5 Å². The normalized spacial score (nSPS) is 12.0. The molecule has 2 aliphatic rings. The molecule has 4 aromatic carbocycles. The Morgan fingerprint density at radius 3 is 1.39 bits per heavy atom. The van der Waals surface area contributed by atoms with E-state index in [4.69, 9.17) is 20.7 Å². The van der Waals surface area contributed by atoms with E-state index in [2.05, 4.69) is 133 Å². The predicted octanol–water partition coefficient (Wildman–Crippen LogP) is 10.2. The molecule has 6 heteroatoms. The first-order valence-electron chi connectivity index (χ1n) is 16.7. The van der Waals surface area contributed by atoms with Gasteiger partial charge in [0.15, 0.2) is 0 Å². The van der Waals surface area contributed by atoms with E-state index in [9.17, 15) is 0 Å². The van der Waals surface area contributed by atoms with Crippen LogP contribution in [-0.2, 0) is 23.5 Å². The number of fused-ring (bicyclic) bond motifs is 8. The smallest absolute Gasteiger partial charge is 0.0933 e. The Hall–Kier alpha value is -6.23. The minimum Gasteiger partial charge on any atom is -0.657 e. The molecule has 5 heterocycles. The van der Waals surface area contributed by atoms with Crippen molar-refractivity contribution in [1.29, 1.82) is 0 Å². The van der Waals surface area contributed by atoms with E-state index in [1.807, 2.05) is 42.5 Å². The van der Waals surface area contributed by atoms with Gasteiger partial charge in [-0.3, -0.25) is 0 Å². The zero-order valence-electron chi connectivity index (χ0n) is 27.8. The standard InChI is InChI=1S/C45H32N5.Ni/c1-50-39-26-27-40(50)43(31-18-10-4-11-19-31)38-28-33(46)45(49-38)44(32-20-12-5-13-21-32)37-25-23-35(48-37)41(29-14-6-2-7-15-29)34-22-24-36(47-34)42(39)30-16-8-3-9-17-30;/h2-28H,46H2,1H3;/q-1;. The molecule has 0 spiro atoms. The summed E-state index contributed by atoms with van der Waals surface area (Å²) in [4.78, 5) is 16.0. The number of benzene rings is 4. The van der Waals surface area contributed by atoms with Gasteiger partial charge in [-0.25, -0.2) is 9.97 Å². The molecule has 0 atom stereocenters. The van der Waals surface area contributed by atoms with Crippen LogP contribution in [0.5, 0.6) is 0 Å². The van der Waals surface area contributed by atoms with Crippen molar-refractivity contribution in [2.75, 3.05) is 0 Å². The molecule has 0 aliphatic carbocycles. The molecule has 0 amide bonds. The maximum absolute atomic E-state index is 6.95. The van der Waals surface area contributed by atoms with Gasteiger partial charge < -0.3 is 15.3 Å². The van der Waals surface area contributed by atoms with Gasteiger partial charge in [-0.05, 0) is 63.7 Å². The maximum Gasteiger partial charge on any atom is 0.0933 e. The zero-order valence-corrected chi connectivity index (χ0v) is 28.8. The summed E-state index contributed by atoms with van der Waals surface area (Å²) in [5, 5.41) is 0. The van der Waals surface area contributed by atoms with E-state index in [1.165, 1.54) is 0 Å². The van der Waals surface area contributed by atoms with Crippen LogP contribution in [0.25, 0.3) is 90.5 Å². The van der Waals surface area contributed by atoms with Gasteiger partial charge in [0.2, 0.25) is 0 Å². The van der Waals surface area contributed by atoms with Crippen molar-refractivity contribution in [3.05, 3.63) is 168 Å². The van der Waals surface area contributed by atoms with Crippen molar-refractivity contribution in [1.82, 2.24) is 19.5 Å². The molecule has 0 unspecified atom stereocenters. The summed E-state index contributed by atoms with van der Waals surface area (Å²) < 4.78 is 2.25. The zero-order chi connectivity index (χ0) is 33.6. The Bertz CT molecular complexity index is 2640. The summed E-state index contributed by atoms with van der Waals surface area (Å²) in [5.74, 6) is 0. The summed E-state index contributed by atoms with van der Waals surface area (Å²) in [5.41, 5.74) is 22.6. The van der Waals surface area contributed by atoms with Gasteiger partial charge in [-0.2, -0.15) is 0 Å². The van der Waals surface area contributed by atoms with Gasteiger partial charge in [0.1, 0.15) is 0 Å². The van der Waals surface area contributed by atoms with Crippen molar-refractivity contribution >= 4 is 46.0 Å². The molecule has 0 saturated heterocycles. The van der Waals surface area contributed by atoms with E-state index in [0.29, 0.717) is 11.4 Å². The number of nitrogens with two attached hydrogens (primary N) is 1. The fraction of sp³-hybridized carbons (Fsp3) is 0.0222. The van der Waals surface area contributed by atoms with E-state index < -0.39 is 0 Å². The number of hydrogen-bond donors (Lipinski definition) is 1. The van der Waals surface area contributed by atoms with Crippen molar-refractivity contribution in [2.24, 2.45) is 12.8 Å². The summed E-state index contributed by atoms with van der Waals surface area (Å²) in [6.45, 7) is 0. The third kappa shape index (κ3) is 5.60. The van der Waals surface area contributed by atoms with E-state index >= 15 is 0 Å². The molecule has 2 aliphatic heterocycles. The van der Waals surface area contributed by atoms with Crippen LogP contribution in [0.1, 0.15) is 22.8 Å². The second-order valence-electron chi connectivity index (χ2n) is 12.5. The monoisotopic (exact) mass is 700 g/mol. The molecule has 3 aromatic heterocycles. The summed E-state index contributed by atoms with van der Waals surface area (Å²) in [7, 11) is 2.12. The van der Waals surface area contributed by atoms with Crippen molar-refractivity contribution in [3.8, 4) is 44.5 Å². The van der Waals surface area contributed by atoms with Crippen LogP contribution < -0.4 is 10.7 Å². The van der Waals surface area contributed by atoms with Gasteiger partial charge in [0.05, 0.1) is 39.5 Å². The molecule has 5 nitrogen and oxygen atoms in total. The van der Waals surface area contributed by atoms with Crippen LogP contribution in [0.3, 0.4) is 0 Å². The summed E-state index contributed by atoms with van der Waals surface area (Å²) in [6.07, 6.45) is 6.25. The van der Waals surface area contributed by atoms with E-state index in [0.717, 1.165) is 83.7 Å². The van der Waals surface area contributed by atoms with Crippen LogP contribution in [0.2, 0.25) is 0 Å². The van der Waals surface area contributed by atoms with E-state index in [-0.39, 0.29) is 16.5 Å². The topological polar surface area (TPSA) is 70.8 Å². The molecule has 0 saturated carbocycles. The van der Waals surface area contributed by atoms with Gasteiger partial charge in [0, 0.05) is 34.7 Å². The van der Waals surface area contributed by atoms with Crippen LogP contribution in [0, 0.1) is 0 Å². The van der Waals surface area contributed by atoms with E-state index in [1.54, 1.807) is 0 Å². The predicted molar refractivity (Wildman–Crippen MR) is 207 cm³/mol. The van der Waals surface area contributed by atoms with Crippen LogP contribution >= 0.6 is 0 Å². The van der Waals surface area contributed by atoms with Crippen LogP contribution in [0.4, 0.5) is 0 Å². The quantitative estimate of drug-likeness (QED) is 0.186. The number of aromatic nitrogens is 4. The molecule has 2 N–H and O–H groups in total.